The topological polar surface area (TPSA) is 58.6 Å². The first-order valence-electron chi connectivity index (χ1n) is 6.96. The molecule has 21 heavy (non-hydrogen) atoms. The van der Waals surface area contributed by atoms with Crippen LogP contribution in [-0.4, -0.2) is 23.2 Å². The maximum absolute atomic E-state index is 12.4. The molecule has 1 aromatic carbocycles. The van der Waals surface area contributed by atoms with Crippen LogP contribution in [0.2, 0.25) is 0 Å². The van der Waals surface area contributed by atoms with Crippen LogP contribution in [0.15, 0.2) is 18.2 Å². The van der Waals surface area contributed by atoms with Gasteiger partial charge in [-0.3, -0.25) is 4.79 Å². The fraction of sp³-hybridized carbons (Fsp3) is 0.533. The fourth-order valence-electron chi connectivity index (χ4n) is 2.69. The van der Waals surface area contributed by atoms with E-state index < -0.39 is 18.1 Å². The summed E-state index contributed by atoms with van der Waals surface area (Å²) in [6, 6.07) is 4.64. The van der Waals surface area contributed by atoms with Crippen LogP contribution in [0.3, 0.4) is 0 Å². The number of halogens is 2. The zero-order chi connectivity index (χ0) is 15.5. The Hall–Kier alpha value is -1.69. The predicted octanol–water partition coefficient (Wildman–Crippen LogP) is 3.23. The highest BCUT2D eigenvalue weighted by Gasteiger charge is 2.33. The molecule has 1 aliphatic rings. The predicted molar refractivity (Wildman–Crippen MR) is 74.5 cm³/mol. The molecule has 1 fully saturated rings. The van der Waals surface area contributed by atoms with E-state index in [1.54, 1.807) is 19.1 Å². The van der Waals surface area contributed by atoms with Crippen LogP contribution in [0.1, 0.15) is 37.7 Å². The van der Waals surface area contributed by atoms with Gasteiger partial charge in [-0.1, -0.05) is 25.0 Å². The number of benzene rings is 1. The first kappa shape index (κ1) is 15.7. The molecule has 0 aliphatic heterocycles. The molecule has 1 amide bonds. The summed E-state index contributed by atoms with van der Waals surface area (Å²) in [6.07, 6.45) is 2.94. The van der Waals surface area contributed by atoms with Crippen molar-refractivity contribution in [3.8, 4) is 5.75 Å². The van der Waals surface area contributed by atoms with Crippen molar-refractivity contribution in [2.24, 2.45) is 0 Å². The van der Waals surface area contributed by atoms with Gasteiger partial charge in [0.1, 0.15) is 5.75 Å². The van der Waals surface area contributed by atoms with Gasteiger partial charge in [-0.2, -0.15) is 8.78 Å². The maximum Gasteiger partial charge on any atom is 0.387 e. The lowest BCUT2D eigenvalue weighted by molar-refractivity contribution is -0.120. The molecule has 1 aliphatic carbocycles. The summed E-state index contributed by atoms with van der Waals surface area (Å²) < 4.78 is 29.2. The number of carbonyl (C=O) groups excluding carboxylic acids is 1. The SMILES string of the molecule is Cc1cccc(OC(F)F)c1NC(=O)CC1(O)CCCC1. The molecule has 2 N–H and O–H groups in total. The van der Waals surface area contributed by atoms with E-state index in [9.17, 15) is 18.7 Å². The first-order valence-corrected chi connectivity index (χ1v) is 6.96. The molecule has 0 atom stereocenters. The highest BCUT2D eigenvalue weighted by molar-refractivity contribution is 5.93. The fourth-order valence-corrected chi connectivity index (χ4v) is 2.69. The lowest BCUT2D eigenvalue weighted by Crippen LogP contribution is -2.31. The molecule has 1 saturated carbocycles. The number of aliphatic hydroxyl groups is 1. The average Bonchev–Trinajstić information content (AvgIpc) is 2.79. The van der Waals surface area contributed by atoms with Crippen LogP contribution in [0, 0.1) is 6.92 Å². The van der Waals surface area contributed by atoms with E-state index in [0.29, 0.717) is 18.4 Å². The lowest BCUT2D eigenvalue weighted by Gasteiger charge is -2.22. The Kier molecular flexibility index (Phi) is 4.77. The van der Waals surface area contributed by atoms with Gasteiger partial charge < -0.3 is 15.2 Å². The number of amides is 1. The monoisotopic (exact) mass is 299 g/mol. The van der Waals surface area contributed by atoms with Gasteiger partial charge >= 0.3 is 6.61 Å². The van der Waals surface area contributed by atoms with Gasteiger partial charge in [0.25, 0.3) is 0 Å². The number of alkyl halides is 2. The number of rotatable bonds is 5. The van der Waals surface area contributed by atoms with E-state index in [1.165, 1.54) is 6.07 Å². The molecule has 6 heteroatoms. The molecule has 0 unspecified atom stereocenters. The van der Waals surface area contributed by atoms with Gasteiger partial charge in [-0.05, 0) is 31.4 Å². The van der Waals surface area contributed by atoms with Gasteiger partial charge in [0, 0.05) is 0 Å². The number of hydrogen-bond donors (Lipinski definition) is 2. The Balaban J connectivity index is 2.09. The minimum Gasteiger partial charge on any atom is -0.433 e. The summed E-state index contributed by atoms with van der Waals surface area (Å²) in [5.74, 6) is -0.468. The molecule has 0 radical (unpaired) electrons. The number of ether oxygens (including phenoxy) is 1. The van der Waals surface area contributed by atoms with Crippen molar-refractivity contribution in [3.63, 3.8) is 0 Å². The van der Waals surface area contributed by atoms with Crippen molar-refractivity contribution in [3.05, 3.63) is 23.8 Å². The molecule has 1 aromatic rings. The Morgan fingerprint density at radius 2 is 2.10 bits per heavy atom. The highest BCUT2D eigenvalue weighted by Crippen LogP contribution is 2.34. The maximum atomic E-state index is 12.4. The van der Waals surface area contributed by atoms with Crippen LogP contribution in [0.4, 0.5) is 14.5 Å². The Morgan fingerprint density at radius 3 is 2.71 bits per heavy atom. The average molecular weight is 299 g/mol. The van der Waals surface area contributed by atoms with Crippen LogP contribution >= 0.6 is 0 Å². The van der Waals surface area contributed by atoms with Crippen molar-refractivity contribution < 1.29 is 23.4 Å². The van der Waals surface area contributed by atoms with Crippen LogP contribution in [0.25, 0.3) is 0 Å². The molecule has 4 nitrogen and oxygen atoms in total. The highest BCUT2D eigenvalue weighted by atomic mass is 19.3. The van der Waals surface area contributed by atoms with E-state index >= 15 is 0 Å². The van der Waals surface area contributed by atoms with Crippen molar-refractivity contribution >= 4 is 11.6 Å². The van der Waals surface area contributed by atoms with Crippen molar-refractivity contribution in [2.75, 3.05) is 5.32 Å². The number of hydrogen-bond acceptors (Lipinski definition) is 3. The van der Waals surface area contributed by atoms with Crippen LogP contribution < -0.4 is 10.1 Å². The summed E-state index contributed by atoms with van der Waals surface area (Å²) >= 11 is 0. The number of carbonyl (C=O) groups is 1. The lowest BCUT2D eigenvalue weighted by atomic mass is 9.97. The van der Waals surface area contributed by atoms with Crippen molar-refractivity contribution in [1.82, 2.24) is 0 Å². The summed E-state index contributed by atoms with van der Waals surface area (Å²) in [5, 5.41) is 12.8. The standard InChI is InChI=1S/C15H19F2NO3/c1-10-5-4-6-11(21-14(16)17)13(10)18-12(19)9-15(20)7-2-3-8-15/h4-6,14,20H,2-3,7-9H2,1H3,(H,18,19). The molecule has 116 valence electrons. The minimum atomic E-state index is -2.96. The number of aryl methyl sites for hydroxylation is 1. The number of para-hydroxylation sites is 1. The van der Waals surface area contributed by atoms with Gasteiger partial charge in [0.05, 0.1) is 17.7 Å². The largest absolute Gasteiger partial charge is 0.433 e. The Morgan fingerprint density at radius 1 is 1.43 bits per heavy atom. The smallest absolute Gasteiger partial charge is 0.387 e. The second kappa shape index (κ2) is 6.39. The summed E-state index contributed by atoms with van der Waals surface area (Å²) in [6.45, 7) is -1.26. The first-order chi connectivity index (χ1) is 9.89. The van der Waals surface area contributed by atoms with Crippen molar-refractivity contribution in [1.29, 1.82) is 0 Å². The number of nitrogens with one attached hydrogen (secondary N) is 1. The van der Waals surface area contributed by atoms with E-state index in [-0.39, 0.29) is 17.9 Å². The Labute approximate surface area is 122 Å². The zero-order valence-corrected chi connectivity index (χ0v) is 11.9. The van der Waals surface area contributed by atoms with Gasteiger partial charge in [-0.15, -0.1) is 0 Å². The van der Waals surface area contributed by atoms with Crippen molar-refractivity contribution in [2.45, 2.75) is 51.2 Å². The summed E-state index contributed by atoms with van der Waals surface area (Å²) in [4.78, 5) is 12.0. The third-order valence-electron chi connectivity index (χ3n) is 3.74. The second-order valence-electron chi connectivity index (χ2n) is 5.48. The second-order valence-corrected chi connectivity index (χ2v) is 5.48. The summed E-state index contributed by atoms with van der Waals surface area (Å²) in [7, 11) is 0. The third kappa shape index (κ3) is 4.14. The molecule has 0 heterocycles. The zero-order valence-electron chi connectivity index (χ0n) is 11.9. The molecular formula is C15H19F2NO3. The molecular weight excluding hydrogens is 280 g/mol. The molecule has 2 rings (SSSR count). The van der Waals surface area contributed by atoms with E-state index in [2.05, 4.69) is 10.1 Å². The quantitative estimate of drug-likeness (QED) is 0.877. The van der Waals surface area contributed by atoms with Gasteiger partial charge in [0.2, 0.25) is 5.91 Å². The molecule has 0 saturated heterocycles. The third-order valence-corrected chi connectivity index (χ3v) is 3.74. The Bertz CT molecular complexity index is 514. The molecule has 0 aromatic heterocycles. The van der Waals surface area contributed by atoms with E-state index in [0.717, 1.165) is 12.8 Å². The molecule has 0 bridgehead atoms. The number of anilines is 1. The normalized spacial score (nSPS) is 17.0. The van der Waals surface area contributed by atoms with Crippen LogP contribution in [0.5, 0.6) is 5.75 Å². The summed E-state index contributed by atoms with van der Waals surface area (Å²) in [5.41, 5.74) is -0.124. The van der Waals surface area contributed by atoms with Gasteiger partial charge in [0.15, 0.2) is 0 Å². The van der Waals surface area contributed by atoms with Crippen LogP contribution in [-0.2, 0) is 4.79 Å². The molecule has 0 spiro atoms. The van der Waals surface area contributed by atoms with E-state index in [4.69, 9.17) is 0 Å². The minimum absolute atomic E-state index is 0.0323. The van der Waals surface area contributed by atoms with Gasteiger partial charge in [-0.25, -0.2) is 0 Å². The van der Waals surface area contributed by atoms with E-state index in [1.807, 2.05) is 0 Å².